The average Bonchev–Trinajstić information content (AvgIpc) is 2.69. The van der Waals surface area contributed by atoms with E-state index >= 15 is 0 Å². The van der Waals surface area contributed by atoms with Gasteiger partial charge in [-0.2, -0.15) is 0 Å². The van der Waals surface area contributed by atoms with Gasteiger partial charge in [-0.25, -0.2) is 14.4 Å². The summed E-state index contributed by atoms with van der Waals surface area (Å²) in [6, 6.07) is 9.16. The van der Waals surface area contributed by atoms with Gasteiger partial charge in [-0.3, -0.25) is 0 Å². The highest BCUT2D eigenvalue weighted by Gasteiger charge is 2.34. The second kappa shape index (κ2) is 11.2. The summed E-state index contributed by atoms with van der Waals surface area (Å²) in [7, 11) is 0. The summed E-state index contributed by atoms with van der Waals surface area (Å²) >= 11 is 0. The number of hydrogen-bond acceptors (Lipinski definition) is 6. The summed E-state index contributed by atoms with van der Waals surface area (Å²) in [5.74, 6) is -0.247. The normalized spacial score (nSPS) is 18.8. The average molecular weight is 464 g/mol. The zero-order chi connectivity index (χ0) is 24.6. The Morgan fingerprint density at radius 2 is 1.58 bits per heavy atom. The van der Waals surface area contributed by atoms with Crippen LogP contribution in [0.1, 0.15) is 53.5 Å². The third kappa shape index (κ3) is 10.0. The molecule has 0 saturated carbocycles. The third-order valence-electron chi connectivity index (χ3n) is 4.81. The van der Waals surface area contributed by atoms with Gasteiger partial charge in [0.2, 0.25) is 0 Å². The number of benzene rings is 1. The number of nitrogens with zero attached hydrogens (tertiary/aromatic N) is 1. The summed E-state index contributed by atoms with van der Waals surface area (Å²) in [4.78, 5) is 38.7. The van der Waals surface area contributed by atoms with E-state index in [2.05, 4.69) is 10.6 Å². The third-order valence-corrected chi connectivity index (χ3v) is 4.81. The van der Waals surface area contributed by atoms with Crippen LogP contribution in [0.2, 0.25) is 0 Å². The van der Waals surface area contributed by atoms with Gasteiger partial charge >= 0.3 is 18.3 Å². The first-order valence-corrected chi connectivity index (χ1v) is 11.2. The van der Waals surface area contributed by atoms with Crippen molar-refractivity contribution in [2.45, 2.75) is 71.8 Å². The Morgan fingerprint density at radius 1 is 0.970 bits per heavy atom. The van der Waals surface area contributed by atoms with Crippen LogP contribution in [0.25, 0.3) is 0 Å². The molecule has 3 amide bonds. The molecule has 1 aliphatic heterocycles. The Morgan fingerprint density at radius 3 is 2.18 bits per heavy atom. The van der Waals surface area contributed by atoms with Gasteiger partial charge in [-0.05, 0) is 53.5 Å². The molecule has 0 radical (unpaired) electrons. The summed E-state index contributed by atoms with van der Waals surface area (Å²) in [6.45, 7) is 11.8. The lowest BCUT2D eigenvalue weighted by atomic mass is 9.92. The van der Waals surface area contributed by atoms with Crippen LogP contribution in [-0.2, 0) is 20.8 Å². The lowest BCUT2D eigenvalue weighted by molar-refractivity contribution is 0.0393. The highest BCUT2D eigenvalue weighted by atomic mass is 16.6. The molecule has 2 unspecified atom stereocenters. The van der Waals surface area contributed by atoms with Crippen molar-refractivity contribution in [2.75, 3.05) is 19.6 Å². The zero-order valence-electron chi connectivity index (χ0n) is 20.5. The molecule has 1 aromatic carbocycles. The number of piperidine rings is 1. The molecule has 1 aliphatic rings. The van der Waals surface area contributed by atoms with Crippen molar-refractivity contribution in [1.82, 2.24) is 15.5 Å². The Balaban J connectivity index is 1.99. The molecule has 0 aliphatic carbocycles. The van der Waals surface area contributed by atoms with E-state index in [1.54, 1.807) is 46.4 Å². The van der Waals surface area contributed by atoms with Crippen LogP contribution in [-0.4, -0.2) is 60.1 Å². The van der Waals surface area contributed by atoms with Crippen molar-refractivity contribution in [3.63, 3.8) is 0 Å². The Bertz CT molecular complexity index is 801. The fourth-order valence-electron chi connectivity index (χ4n) is 3.39. The van der Waals surface area contributed by atoms with Gasteiger partial charge in [0.05, 0.1) is 0 Å². The molecule has 33 heavy (non-hydrogen) atoms. The van der Waals surface area contributed by atoms with Crippen LogP contribution in [0.3, 0.4) is 0 Å². The molecule has 0 spiro atoms. The van der Waals surface area contributed by atoms with E-state index in [0.29, 0.717) is 19.5 Å². The second-order valence-corrected chi connectivity index (χ2v) is 10.2. The molecule has 0 bridgehead atoms. The van der Waals surface area contributed by atoms with E-state index in [1.807, 2.05) is 30.3 Å². The summed E-state index contributed by atoms with van der Waals surface area (Å²) in [5, 5.41) is 5.63. The standard InChI is InChI=1S/C24H37N3O6/c1-23(2,3)32-20(28)25-14-18-15-27(22(30)31-16-17-10-8-7-9-11-17)13-12-19(18)26-21(29)33-24(4,5)6/h7-11,18-19H,12-16H2,1-6H3,(H,25,28)(H,26,29). The maximum atomic E-state index is 12.6. The van der Waals surface area contributed by atoms with Crippen LogP contribution in [0.5, 0.6) is 0 Å². The van der Waals surface area contributed by atoms with Gasteiger partial charge in [0.1, 0.15) is 17.8 Å². The van der Waals surface area contributed by atoms with E-state index in [-0.39, 0.29) is 25.1 Å². The minimum Gasteiger partial charge on any atom is -0.445 e. The van der Waals surface area contributed by atoms with Crippen LogP contribution in [0.15, 0.2) is 30.3 Å². The van der Waals surface area contributed by atoms with Gasteiger partial charge < -0.3 is 29.7 Å². The highest BCUT2D eigenvalue weighted by molar-refractivity contribution is 5.70. The Labute approximate surface area is 196 Å². The fourth-order valence-corrected chi connectivity index (χ4v) is 3.39. The van der Waals surface area contributed by atoms with E-state index in [9.17, 15) is 14.4 Å². The molecular formula is C24H37N3O6. The summed E-state index contributed by atoms with van der Waals surface area (Å²) in [5.41, 5.74) is -0.357. The van der Waals surface area contributed by atoms with Gasteiger partial charge in [0, 0.05) is 31.6 Å². The predicted octanol–water partition coefficient (Wildman–Crippen LogP) is 4.06. The number of amides is 3. The molecule has 1 heterocycles. The molecule has 184 valence electrons. The summed E-state index contributed by atoms with van der Waals surface area (Å²) in [6.07, 6.45) is -1.02. The molecule has 0 aromatic heterocycles. The molecule has 1 saturated heterocycles. The maximum absolute atomic E-state index is 12.6. The van der Waals surface area contributed by atoms with Crippen molar-refractivity contribution in [3.8, 4) is 0 Å². The number of hydrogen-bond donors (Lipinski definition) is 2. The first-order chi connectivity index (χ1) is 15.3. The molecule has 2 atom stereocenters. The van der Waals surface area contributed by atoms with Gasteiger partial charge in [-0.15, -0.1) is 0 Å². The number of likely N-dealkylation sites (tertiary alicyclic amines) is 1. The first-order valence-electron chi connectivity index (χ1n) is 11.2. The fraction of sp³-hybridized carbons (Fsp3) is 0.625. The number of ether oxygens (including phenoxy) is 3. The van der Waals surface area contributed by atoms with E-state index in [0.717, 1.165) is 5.56 Å². The van der Waals surface area contributed by atoms with Gasteiger partial charge in [-0.1, -0.05) is 30.3 Å². The number of rotatable bonds is 5. The molecule has 9 heteroatoms. The number of carbonyl (C=O) groups excluding carboxylic acids is 3. The largest absolute Gasteiger partial charge is 0.445 e. The number of nitrogens with one attached hydrogen (secondary N) is 2. The van der Waals surface area contributed by atoms with Crippen molar-refractivity contribution in [2.24, 2.45) is 5.92 Å². The van der Waals surface area contributed by atoms with Crippen molar-refractivity contribution in [3.05, 3.63) is 35.9 Å². The van der Waals surface area contributed by atoms with Crippen LogP contribution >= 0.6 is 0 Å². The van der Waals surface area contributed by atoms with Gasteiger partial charge in [0.15, 0.2) is 0 Å². The molecular weight excluding hydrogens is 426 g/mol. The van der Waals surface area contributed by atoms with Crippen molar-refractivity contribution in [1.29, 1.82) is 0 Å². The van der Waals surface area contributed by atoms with Crippen LogP contribution in [0, 0.1) is 5.92 Å². The monoisotopic (exact) mass is 463 g/mol. The molecule has 2 N–H and O–H groups in total. The van der Waals surface area contributed by atoms with Crippen LogP contribution in [0.4, 0.5) is 14.4 Å². The van der Waals surface area contributed by atoms with E-state index in [1.165, 1.54) is 0 Å². The van der Waals surface area contributed by atoms with E-state index < -0.39 is 29.5 Å². The van der Waals surface area contributed by atoms with Crippen LogP contribution < -0.4 is 10.6 Å². The topological polar surface area (TPSA) is 106 Å². The van der Waals surface area contributed by atoms with Gasteiger partial charge in [0.25, 0.3) is 0 Å². The zero-order valence-corrected chi connectivity index (χ0v) is 20.5. The number of alkyl carbamates (subject to hydrolysis) is 2. The number of carbonyl (C=O) groups is 3. The Kier molecular flexibility index (Phi) is 8.96. The van der Waals surface area contributed by atoms with E-state index in [4.69, 9.17) is 14.2 Å². The molecule has 1 fully saturated rings. The SMILES string of the molecule is CC(C)(C)OC(=O)NCC1CN(C(=O)OCc2ccccc2)CCC1NC(=O)OC(C)(C)C. The maximum Gasteiger partial charge on any atom is 0.410 e. The predicted molar refractivity (Wildman–Crippen MR) is 124 cm³/mol. The highest BCUT2D eigenvalue weighted by Crippen LogP contribution is 2.20. The Hall–Kier alpha value is -2.97. The first kappa shape index (κ1) is 26.3. The lowest BCUT2D eigenvalue weighted by Crippen LogP contribution is -2.56. The lowest BCUT2D eigenvalue weighted by Gasteiger charge is -2.38. The molecule has 2 rings (SSSR count). The summed E-state index contributed by atoms with van der Waals surface area (Å²) < 4.78 is 16.1. The minimum atomic E-state index is -0.629. The quantitative estimate of drug-likeness (QED) is 0.638. The van der Waals surface area contributed by atoms with Crippen molar-refractivity contribution < 1.29 is 28.6 Å². The smallest absolute Gasteiger partial charge is 0.410 e. The molecule has 9 nitrogen and oxygen atoms in total. The molecule has 1 aromatic rings. The second-order valence-electron chi connectivity index (χ2n) is 10.2. The minimum absolute atomic E-state index is 0.177. The van der Waals surface area contributed by atoms with Crippen molar-refractivity contribution >= 4 is 18.3 Å².